The largest absolute Gasteiger partial charge is 0.469 e. The summed E-state index contributed by atoms with van der Waals surface area (Å²) in [5, 5.41) is 0. The normalized spacial score (nSPS) is 13.2. The Kier molecular flexibility index (Phi) is 4.65. The number of nitrogens with two attached hydrogens (primary N) is 1. The summed E-state index contributed by atoms with van der Waals surface area (Å²) in [6.07, 6.45) is 1.93. The summed E-state index contributed by atoms with van der Waals surface area (Å²) in [6, 6.07) is 3.75. The molecule has 0 saturated heterocycles. The predicted molar refractivity (Wildman–Crippen MR) is 69.6 cm³/mol. The standard InChI is InChI=1S/C12H17BrN2O2/c1-12(2,14)9(6-11(16)17-3)10-5-4-8(13)7-15-10/h4-5,7,9H,6,14H2,1-3H3. The monoisotopic (exact) mass is 300 g/mol. The van der Waals surface area contributed by atoms with Crippen molar-refractivity contribution in [1.29, 1.82) is 0 Å². The smallest absolute Gasteiger partial charge is 0.306 e. The van der Waals surface area contributed by atoms with E-state index in [9.17, 15) is 4.79 Å². The summed E-state index contributed by atoms with van der Waals surface area (Å²) < 4.78 is 5.59. The van der Waals surface area contributed by atoms with Crippen LogP contribution < -0.4 is 5.73 Å². The van der Waals surface area contributed by atoms with Gasteiger partial charge >= 0.3 is 5.97 Å². The molecule has 1 aromatic rings. The lowest BCUT2D eigenvalue weighted by atomic mass is 9.83. The third-order valence-corrected chi connectivity index (χ3v) is 3.07. The van der Waals surface area contributed by atoms with Crippen molar-refractivity contribution < 1.29 is 9.53 Å². The first-order valence-corrected chi connectivity index (χ1v) is 6.11. The van der Waals surface area contributed by atoms with Gasteiger partial charge in [-0.15, -0.1) is 0 Å². The molecule has 0 aromatic carbocycles. The first kappa shape index (κ1) is 14.1. The Morgan fingerprint density at radius 2 is 2.24 bits per heavy atom. The Morgan fingerprint density at radius 1 is 1.59 bits per heavy atom. The maximum atomic E-state index is 11.4. The molecule has 0 aliphatic carbocycles. The number of pyridine rings is 1. The molecule has 1 aromatic heterocycles. The Bertz CT molecular complexity index is 384. The fourth-order valence-electron chi connectivity index (χ4n) is 1.59. The van der Waals surface area contributed by atoms with Crippen LogP contribution in [0.25, 0.3) is 0 Å². The number of aromatic nitrogens is 1. The van der Waals surface area contributed by atoms with Crippen molar-refractivity contribution in [2.75, 3.05) is 7.11 Å². The molecule has 17 heavy (non-hydrogen) atoms. The first-order chi connectivity index (χ1) is 7.84. The fraction of sp³-hybridized carbons (Fsp3) is 0.500. The summed E-state index contributed by atoms with van der Waals surface area (Å²) in [4.78, 5) is 15.7. The van der Waals surface area contributed by atoms with E-state index in [0.29, 0.717) is 0 Å². The Morgan fingerprint density at radius 3 is 2.65 bits per heavy atom. The van der Waals surface area contributed by atoms with Crippen molar-refractivity contribution in [2.45, 2.75) is 31.7 Å². The number of esters is 1. The number of ether oxygens (including phenoxy) is 1. The first-order valence-electron chi connectivity index (χ1n) is 5.31. The molecule has 0 fully saturated rings. The highest BCUT2D eigenvalue weighted by atomic mass is 79.9. The van der Waals surface area contributed by atoms with Crippen LogP contribution in [-0.4, -0.2) is 23.6 Å². The van der Waals surface area contributed by atoms with E-state index in [-0.39, 0.29) is 18.3 Å². The molecule has 0 bridgehead atoms. The van der Waals surface area contributed by atoms with Crippen molar-refractivity contribution in [3.63, 3.8) is 0 Å². The van der Waals surface area contributed by atoms with Gasteiger partial charge in [-0.3, -0.25) is 9.78 Å². The topological polar surface area (TPSA) is 65.2 Å². The summed E-state index contributed by atoms with van der Waals surface area (Å²) in [7, 11) is 1.37. The van der Waals surface area contributed by atoms with Gasteiger partial charge in [-0.2, -0.15) is 0 Å². The maximum Gasteiger partial charge on any atom is 0.306 e. The van der Waals surface area contributed by atoms with E-state index in [0.717, 1.165) is 10.2 Å². The van der Waals surface area contributed by atoms with Gasteiger partial charge in [-0.05, 0) is 41.9 Å². The van der Waals surface area contributed by atoms with E-state index >= 15 is 0 Å². The van der Waals surface area contributed by atoms with Crippen molar-refractivity contribution in [1.82, 2.24) is 4.98 Å². The van der Waals surface area contributed by atoms with Crippen LogP contribution in [-0.2, 0) is 9.53 Å². The van der Waals surface area contributed by atoms with Crippen LogP contribution in [0.2, 0.25) is 0 Å². The zero-order valence-electron chi connectivity index (χ0n) is 10.2. The molecule has 0 aliphatic heterocycles. The van der Waals surface area contributed by atoms with Crippen LogP contribution in [0.15, 0.2) is 22.8 Å². The lowest BCUT2D eigenvalue weighted by Gasteiger charge is -2.29. The van der Waals surface area contributed by atoms with Crippen molar-refractivity contribution in [2.24, 2.45) is 5.73 Å². The molecule has 1 atom stereocenters. The number of carbonyl (C=O) groups excluding carboxylic acids is 1. The van der Waals surface area contributed by atoms with Crippen LogP contribution in [0.4, 0.5) is 0 Å². The molecule has 1 rings (SSSR count). The van der Waals surface area contributed by atoms with Crippen LogP contribution in [0, 0.1) is 0 Å². The molecule has 0 radical (unpaired) electrons. The zero-order valence-corrected chi connectivity index (χ0v) is 11.8. The molecule has 94 valence electrons. The molecule has 4 nitrogen and oxygen atoms in total. The Labute approximate surface area is 110 Å². The summed E-state index contributed by atoms with van der Waals surface area (Å²) in [5.74, 6) is -0.443. The molecule has 5 heteroatoms. The molecule has 0 spiro atoms. The van der Waals surface area contributed by atoms with E-state index in [2.05, 4.69) is 25.7 Å². The zero-order chi connectivity index (χ0) is 13.1. The minimum Gasteiger partial charge on any atom is -0.469 e. The lowest BCUT2D eigenvalue weighted by molar-refractivity contribution is -0.141. The number of rotatable bonds is 4. The van der Waals surface area contributed by atoms with Gasteiger partial charge in [0.05, 0.1) is 13.5 Å². The van der Waals surface area contributed by atoms with Gasteiger partial charge in [0.2, 0.25) is 0 Å². The summed E-state index contributed by atoms with van der Waals surface area (Å²) in [6.45, 7) is 3.76. The van der Waals surface area contributed by atoms with Crippen molar-refractivity contribution in [3.8, 4) is 0 Å². The number of carbonyl (C=O) groups is 1. The molecule has 0 saturated carbocycles. The van der Waals surface area contributed by atoms with Crippen LogP contribution >= 0.6 is 15.9 Å². The van der Waals surface area contributed by atoms with E-state index < -0.39 is 5.54 Å². The third kappa shape index (κ3) is 4.09. The van der Waals surface area contributed by atoms with Gasteiger partial charge in [0.25, 0.3) is 0 Å². The highest BCUT2D eigenvalue weighted by molar-refractivity contribution is 9.10. The van der Waals surface area contributed by atoms with Gasteiger partial charge < -0.3 is 10.5 Å². The average Bonchev–Trinajstić information content (AvgIpc) is 2.25. The van der Waals surface area contributed by atoms with E-state index in [1.807, 2.05) is 26.0 Å². The SMILES string of the molecule is COC(=O)CC(c1ccc(Br)cn1)C(C)(C)N. The van der Waals surface area contributed by atoms with E-state index in [1.165, 1.54) is 7.11 Å². The average molecular weight is 301 g/mol. The lowest BCUT2D eigenvalue weighted by Crippen LogP contribution is -2.40. The minimum atomic E-state index is -0.533. The van der Waals surface area contributed by atoms with Gasteiger partial charge in [-0.25, -0.2) is 0 Å². The fourth-order valence-corrected chi connectivity index (χ4v) is 1.83. The van der Waals surface area contributed by atoms with E-state index in [1.54, 1.807) is 6.20 Å². The second kappa shape index (κ2) is 5.60. The Hall–Kier alpha value is -0.940. The number of hydrogen-bond acceptors (Lipinski definition) is 4. The molecular weight excluding hydrogens is 284 g/mol. The number of halogens is 1. The van der Waals surface area contributed by atoms with Crippen molar-refractivity contribution >= 4 is 21.9 Å². The van der Waals surface area contributed by atoms with Gasteiger partial charge in [-0.1, -0.05) is 0 Å². The van der Waals surface area contributed by atoms with Crippen LogP contribution in [0.3, 0.4) is 0 Å². The number of nitrogens with zero attached hydrogens (tertiary/aromatic N) is 1. The summed E-state index contributed by atoms with van der Waals surface area (Å²) >= 11 is 3.32. The maximum absolute atomic E-state index is 11.4. The van der Waals surface area contributed by atoms with Gasteiger partial charge in [0.15, 0.2) is 0 Å². The highest BCUT2D eigenvalue weighted by Crippen LogP contribution is 2.29. The molecule has 1 unspecified atom stereocenters. The molecule has 0 aliphatic rings. The second-order valence-electron chi connectivity index (χ2n) is 4.56. The molecule has 1 heterocycles. The van der Waals surface area contributed by atoms with E-state index in [4.69, 9.17) is 5.73 Å². The van der Waals surface area contributed by atoms with Crippen molar-refractivity contribution in [3.05, 3.63) is 28.5 Å². The number of methoxy groups -OCH3 is 1. The molecular formula is C12H17BrN2O2. The van der Waals surface area contributed by atoms with Gasteiger partial charge in [0.1, 0.15) is 0 Å². The quantitative estimate of drug-likeness (QED) is 0.866. The highest BCUT2D eigenvalue weighted by Gasteiger charge is 2.30. The van der Waals surface area contributed by atoms with Crippen LogP contribution in [0.5, 0.6) is 0 Å². The second-order valence-corrected chi connectivity index (χ2v) is 5.47. The van der Waals surface area contributed by atoms with Crippen LogP contribution in [0.1, 0.15) is 31.9 Å². The summed E-state index contributed by atoms with van der Waals surface area (Å²) in [5.41, 5.74) is 6.36. The number of hydrogen-bond donors (Lipinski definition) is 1. The predicted octanol–water partition coefficient (Wildman–Crippen LogP) is 2.23. The third-order valence-electron chi connectivity index (χ3n) is 2.60. The molecule has 2 N–H and O–H groups in total. The minimum absolute atomic E-state index is 0.164. The van der Waals surface area contributed by atoms with Gasteiger partial charge in [0, 0.05) is 27.8 Å². The Balaban J connectivity index is 2.98. The molecule has 0 amide bonds.